The third-order valence-electron chi connectivity index (χ3n) is 3.81. The Morgan fingerprint density at radius 1 is 0.889 bits per heavy atom. The van der Waals surface area contributed by atoms with Crippen LogP contribution in [0.4, 0.5) is 0 Å². The third kappa shape index (κ3) is 6.96. The molecule has 1 atom stereocenters. The summed E-state index contributed by atoms with van der Waals surface area (Å²) in [5.74, 6) is -1.82. The molecule has 1 rings (SSSR count). The lowest BCUT2D eigenvalue weighted by atomic mass is 9.83. The van der Waals surface area contributed by atoms with E-state index >= 15 is 0 Å². The van der Waals surface area contributed by atoms with Crippen molar-refractivity contribution >= 4 is 30.1 Å². The zero-order valence-corrected chi connectivity index (χ0v) is 17.8. The molecular formula is C20H30ClNO5. The summed E-state index contributed by atoms with van der Waals surface area (Å²) in [5, 5.41) is 0. The number of nitrogens with two attached hydrogens (primary N) is 1. The SMILES string of the molecule is CC(C)C(=O)Oc1ccc(C(=O)C(N)C(C)(C)C)cc1OC(=O)C(C)C.Cl. The van der Waals surface area contributed by atoms with E-state index in [1.807, 2.05) is 20.8 Å². The molecule has 0 amide bonds. The van der Waals surface area contributed by atoms with Crippen molar-refractivity contribution in [2.24, 2.45) is 23.0 Å². The first-order chi connectivity index (χ1) is 11.8. The smallest absolute Gasteiger partial charge is 0.313 e. The van der Waals surface area contributed by atoms with Crippen LogP contribution in [0, 0.1) is 17.3 Å². The molecule has 0 saturated carbocycles. The molecule has 7 heteroatoms. The van der Waals surface area contributed by atoms with Crippen molar-refractivity contribution in [2.45, 2.75) is 54.5 Å². The van der Waals surface area contributed by atoms with Gasteiger partial charge < -0.3 is 15.2 Å². The molecule has 0 fully saturated rings. The molecule has 1 aromatic rings. The number of carbonyl (C=O) groups excluding carboxylic acids is 3. The summed E-state index contributed by atoms with van der Waals surface area (Å²) in [6.45, 7) is 12.4. The Kier molecular flexibility index (Phi) is 9.15. The van der Waals surface area contributed by atoms with Crippen molar-refractivity contribution in [3.63, 3.8) is 0 Å². The second-order valence-electron chi connectivity index (χ2n) is 8.02. The molecule has 0 radical (unpaired) electrons. The topological polar surface area (TPSA) is 95.7 Å². The first kappa shape index (κ1) is 25.1. The Hall–Kier alpha value is -1.92. The van der Waals surface area contributed by atoms with Crippen LogP contribution in [0.1, 0.15) is 58.8 Å². The van der Waals surface area contributed by atoms with Gasteiger partial charge >= 0.3 is 11.9 Å². The van der Waals surface area contributed by atoms with E-state index in [1.165, 1.54) is 18.2 Å². The van der Waals surface area contributed by atoms with Crippen LogP contribution in [0.3, 0.4) is 0 Å². The highest BCUT2D eigenvalue weighted by Gasteiger charge is 2.29. The van der Waals surface area contributed by atoms with E-state index in [9.17, 15) is 14.4 Å². The molecule has 6 nitrogen and oxygen atoms in total. The maximum Gasteiger partial charge on any atom is 0.313 e. The zero-order chi connectivity index (χ0) is 20.2. The predicted molar refractivity (Wildman–Crippen MR) is 106 cm³/mol. The standard InChI is InChI=1S/C20H29NO5.ClH/c1-11(2)18(23)25-14-9-8-13(16(22)17(21)20(5,6)7)10-15(14)26-19(24)12(3)4;/h8-12,17H,21H2,1-7H3;1H. The minimum Gasteiger partial charge on any atom is -0.422 e. The lowest BCUT2D eigenvalue weighted by Crippen LogP contribution is -2.42. The van der Waals surface area contributed by atoms with Gasteiger partial charge in [-0.15, -0.1) is 12.4 Å². The van der Waals surface area contributed by atoms with Gasteiger partial charge in [-0.2, -0.15) is 0 Å². The van der Waals surface area contributed by atoms with Gasteiger partial charge in [0.2, 0.25) is 0 Å². The first-order valence-corrected chi connectivity index (χ1v) is 8.71. The number of Topliss-reactive ketones (excluding diaryl/α,β-unsaturated/α-hetero) is 1. The van der Waals surface area contributed by atoms with Gasteiger partial charge in [-0.1, -0.05) is 48.5 Å². The van der Waals surface area contributed by atoms with Crippen molar-refractivity contribution in [3.8, 4) is 11.5 Å². The maximum absolute atomic E-state index is 12.6. The highest BCUT2D eigenvalue weighted by Crippen LogP contribution is 2.31. The summed E-state index contributed by atoms with van der Waals surface area (Å²) < 4.78 is 10.6. The van der Waals surface area contributed by atoms with Crippen molar-refractivity contribution in [2.75, 3.05) is 0 Å². The molecule has 0 spiro atoms. The quantitative estimate of drug-likeness (QED) is 0.444. The van der Waals surface area contributed by atoms with Gasteiger partial charge in [0.1, 0.15) is 0 Å². The monoisotopic (exact) mass is 399 g/mol. The molecule has 27 heavy (non-hydrogen) atoms. The lowest BCUT2D eigenvalue weighted by Gasteiger charge is -2.26. The van der Waals surface area contributed by atoms with Crippen molar-refractivity contribution in [3.05, 3.63) is 23.8 Å². The van der Waals surface area contributed by atoms with Crippen LogP contribution in [0.15, 0.2) is 18.2 Å². The molecule has 1 aromatic carbocycles. The fraction of sp³-hybridized carbons (Fsp3) is 0.550. The van der Waals surface area contributed by atoms with Crippen molar-refractivity contribution < 1.29 is 23.9 Å². The van der Waals surface area contributed by atoms with Crippen LogP contribution < -0.4 is 15.2 Å². The number of carbonyl (C=O) groups is 3. The van der Waals surface area contributed by atoms with Crippen LogP contribution >= 0.6 is 12.4 Å². The van der Waals surface area contributed by atoms with Gasteiger partial charge in [0.05, 0.1) is 17.9 Å². The Labute approximate surface area is 167 Å². The lowest BCUT2D eigenvalue weighted by molar-refractivity contribution is -0.140. The van der Waals surface area contributed by atoms with Gasteiger partial charge in [-0.05, 0) is 23.6 Å². The normalized spacial score (nSPS) is 12.4. The van der Waals surface area contributed by atoms with E-state index in [2.05, 4.69) is 0 Å². The summed E-state index contributed by atoms with van der Waals surface area (Å²) in [7, 11) is 0. The largest absolute Gasteiger partial charge is 0.422 e. The molecular weight excluding hydrogens is 370 g/mol. The summed E-state index contributed by atoms with van der Waals surface area (Å²) in [6.07, 6.45) is 0. The van der Waals surface area contributed by atoms with E-state index in [1.54, 1.807) is 27.7 Å². The van der Waals surface area contributed by atoms with E-state index in [-0.39, 0.29) is 41.5 Å². The molecule has 0 aliphatic carbocycles. The Morgan fingerprint density at radius 2 is 1.33 bits per heavy atom. The summed E-state index contributed by atoms with van der Waals surface area (Å²) in [6, 6.07) is 3.65. The van der Waals surface area contributed by atoms with Gasteiger partial charge in [-0.3, -0.25) is 14.4 Å². The minimum atomic E-state index is -0.722. The van der Waals surface area contributed by atoms with Crippen LogP contribution in [-0.2, 0) is 9.59 Å². The maximum atomic E-state index is 12.6. The molecule has 0 aliphatic heterocycles. The van der Waals surface area contributed by atoms with Gasteiger partial charge in [0.15, 0.2) is 17.3 Å². The predicted octanol–water partition coefficient (Wildman–Crippen LogP) is 3.79. The van der Waals surface area contributed by atoms with Crippen molar-refractivity contribution in [1.82, 2.24) is 0 Å². The number of hydrogen-bond acceptors (Lipinski definition) is 6. The van der Waals surface area contributed by atoms with Crippen LogP contribution in [0.25, 0.3) is 0 Å². The highest BCUT2D eigenvalue weighted by molar-refractivity contribution is 6.01. The number of esters is 2. The Bertz CT molecular complexity index is 692. The Balaban J connectivity index is 0.00000676. The fourth-order valence-electron chi connectivity index (χ4n) is 1.85. The van der Waals surface area contributed by atoms with Gasteiger partial charge in [-0.25, -0.2) is 0 Å². The number of benzene rings is 1. The number of rotatable bonds is 6. The molecule has 0 heterocycles. The molecule has 0 saturated heterocycles. The van der Waals surface area contributed by atoms with E-state index < -0.39 is 23.4 Å². The van der Waals surface area contributed by atoms with Crippen LogP contribution in [0.2, 0.25) is 0 Å². The summed E-state index contributed by atoms with van der Waals surface area (Å²) in [4.78, 5) is 36.5. The third-order valence-corrected chi connectivity index (χ3v) is 3.81. The summed E-state index contributed by atoms with van der Waals surface area (Å²) in [5.41, 5.74) is 5.91. The average Bonchev–Trinajstić information content (AvgIpc) is 2.53. The minimum absolute atomic E-state index is 0. The molecule has 0 bridgehead atoms. The molecule has 2 N–H and O–H groups in total. The second-order valence-corrected chi connectivity index (χ2v) is 8.02. The van der Waals surface area contributed by atoms with Gasteiger partial charge in [0.25, 0.3) is 0 Å². The number of ether oxygens (including phenoxy) is 2. The summed E-state index contributed by atoms with van der Waals surface area (Å²) >= 11 is 0. The van der Waals surface area contributed by atoms with E-state index in [4.69, 9.17) is 15.2 Å². The molecule has 0 aliphatic rings. The zero-order valence-electron chi connectivity index (χ0n) is 17.0. The second kappa shape index (κ2) is 9.85. The van der Waals surface area contributed by atoms with Crippen LogP contribution in [-0.4, -0.2) is 23.8 Å². The van der Waals surface area contributed by atoms with Crippen LogP contribution in [0.5, 0.6) is 11.5 Å². The van der Waals surface area contributed by atoms with Crippen molar-refractivity contribution in [1.29, 1.82) is 0 Å². The number of ketones is 1. The van der Waals surface area contributed by atoms with E-state index in [0.717, 1.165) is 0 Å². The Morgan fingerprint density at radius 3 is 1.74 bits per heavy atom. The molecule has 0 aromatic heterocycles. The fourth-order valence-corrected chi connectivity index (χ4v) is 1.85. The number of hydrogen-bond donors (Lipinski definition) is 1. The van der Waals surface area contributed by atoms with Gasteiger partial charge in [0, 0.05) is 5.56 Å². The average molecular weight is 400 g/mol. The molecule has 1 unspecified atom stereocenters. The highest BCUT2D eigenvalue weighted by atomic mass is 35.5. The number of halogens is 1. The first-order valence-electron chi connectivity index (χ1n) is 8.71. The van der Waals surface area contributed by atoms with E-state index in [0.29, 0.717) is 5.56 Å². The molecule has 152 valence electrons.